The second kappa shape index (κ2) is 10.00. The molecule has 0 spiro atoms. The average Bonchev–Trinajstić information content (AvgIpc) is 3.29. The number of carbonyl (C=O) groups is 1. The normalized spacial score (nSPS) is 11.6. The number of hydrogen-bond donors (Lipinski definition) is 3. The van der Waals surface area contributed by atoms with Crippen LogP contribution in [0.3, 0.4) is 0 Å². The highest BCUT2D eigenvalue weighted by Crippen LogP contribution is 2.35. The number of aromatic amines is 1. The zero-order valence-corrected chi connectivity index (χ0v) is 18.0. The molecule has 0 aliphatic heterocycles. The van der Waals surface area contributed by atoms with E-state index in [0.717, 1.165) is 17.5 Å². The minimum Gasteiger partial charge on any atom is -0.457 e. The lowest BCUT2D eigenvalue weighted by Crippen LogP contribution is -2.20. The highest BCUT2D eigenvalue weighted by atomic mass is 19.4. The van der Waals surface area contributed by atoms with E-state index in [1.165, 1.54) is 6.07 Å². The van der Waals surface area contributed by atoms with Crippen LogP contribution in [0, 0.1) is 0 Å². The molecule has 0 bridgehead atoms. The number of hydrogen-bond acceptors (Lipinski definition) is 3. The second-order valence-corrected chi connectivity index (χ2v) is 7.55. The van der Waals surface area contributed by atoms with Crippen molar-refractivity contribution in [3.05, 3.63) is 78.1 Å². The lowest BCUT2D eigenvalue weighted by Gasteiger charge is -2.15. The van der Waals surface area contributed by atoms with Gasteiger partial charge in [-0.3, -0.25) is 0 Å². The average molecular weight is 490 g/mol. The number of fused-ring (bicyclic) bond motifs is 1. The predicted octanol–water partition coefficient (Wildman–Crippen LogP) is 7.22. The van der Waals surface area contributed by atoms with Crippen LogP contribution < -0.4 is 15.4 Å². The van der Waals surface area contributed by atoms with Gasteiger partial charge in [0.05, 0.1) is 10.9 Å². The number of carbonyl (C=O) groups excluding carboxylic acids is 1. The number of aromatic nitrogens is 2. The molecule has 0 saturated heterocycles. The van der Waals surface area contributed by atoms with Gasteiger partial charge in [-0.05, 0) is 60.5 Å². The molecule has 2 aromatic carbocycles. The van der Waals surface area contributed by atoms with Crippen molar-refractivity contribution in [1.82, 2.24) is 9.97 Å². The van der Waals surface area contributed by atoms with Crippen LogP contribution >= 0.6 is 0 Å². The van der Waals surface area contributed by atoms with E-state index in [1.54, 1.807) is 42.7 Å². The molecular weight excluding hydrogens is 471 g/mol. The minimum absolute atomic E-state index is 0.121. The zero-order chi connectivity index (χ0) is 25.0. The Morgan fingerprint density at radius 3 is 2.43 bits per heavy atom. The molecule has 35 heavy (non-hydrogen) atoms. The summed E-state index contributed by atoms with van der Waals surface area (Å²) in [6.45, 7) is 0. The van der Waals surface area contributed by atoms with Gasteiger partial charge in [0.25, 0.3) is 0 Å². The van der Waals surface area contributed by atoms with Gasteiger partial charge >= 0.3 is 12.2 Å². The van der Waals surface area contributed by atoms with Crippen molar-refractivity contribution in [2.45, 2.75) is 25.4 Å². The third-order valence-electron chi connectivity index (χ3n) is 5.07. The fourth-order valence-electron chi connectivity index (χ4n) is 3.45. The van der Waals surface area contributed by atoms with E-state index in [2.05, 4.69) is 20.6 Å². The van der Waals surface area contributed by atoms with E-state index in [-0.39, 0.29) is 11.3 Å². The monoisotopic (exact) mass is 490 g/mol. The van der Waals surface area contributed by atoms with Gasteiger partial charge in [-0.25, -0.2) is 18.6 Å². The quantitative estimate of drug-likeness (QED) is 0.240. The summed E-state index contributed by atoms with van der Waals surface area (Å²) in [5.41, 5.74) is -0.395. The molecule has 2 heterocycles. The van der Waals surface area contributed by atoms with Gasteiger partial charge < -0.3 is 20.4 Å². The molecular formula is C24H19F5N4O2. The number of aryl methyl sites for hydroxylation is 1. The molecule has 3 N–H and O–H groups in total. The third kappa shape index (κ3) is 6.05. The van der Waals surface area contributed by atoms with E-state index in [1.807, 2.05) is 6.07 Å². The molecule has 0 atom stereocenters. The first-order valence-corrected chi connectivity index (χ1v) is 10.5. The van der Waals surface area contributed by atoms with E-state index < -0.39 is 37.0 Å². The van der Waals surface area contributed by atoms with Crippen LogP contribution in [0.4, 0.5) is 38.1 Å². The van der Waals surface area contributed by atoms with Crippen molar-refractivity contribution in [2.24, 2.45) is 0 Å². The topological polar surface area (TPSA) is 79.0 Å². The smallest absolute Gasteiger partial charge is 0.416 e. The van der Waals surface area contributed by atoms with Gasteiger partial charge in [-0.2, -0.15) is 13.2 Å². The minimum atomic E-state index is -4.75. The summed E-state index contributed by atoms with van der Waals surface area (Å²) in [6, 6.07) is 12.2. The molecule has 0 aliphatic carbocycles. The van der Waals surface area contributed by atoms with Gasteiger partial charge in [0.15, 0.2) is 0 Å². The van der Waals surface area contributed by atoms with Gasteiger partial charge in [0.2, 0.25) is 6.43 Å². The molecule has 0 fully saturated rings. The van der Waals surface area contributed by atoms with Crippen LogP contribution in [0.1, 0.15) is 17.5 Å². The summed E-state index contributed by atoms with van der Waals surface area (Å²) in [5, 5.41) is 5.64. The van der Waals surface area contributed by atoms with Crippen LogP contribution in [0.2, 0.25) is 0 Å². The number of nitrogens with zero attached hydrogens (tertiary/aromatic N) is 1. The Balaban J connectivity index is 1.40. The number of alkyl halides is 5. The predicted molar refractivity (Wildman–Crippen MR) is 121 cm³/mol. The zero-order valence-electron chi connectivity index (χ0n) is 18.0. The molecule has 182 valence electrons. The van der Waals surface area contributed by atoms with E-state index in [0.29, 0.717) is 22.8 Å². The lowest BCUT2D eigenvalue weighted by molar-refractivity contribution is -0.138. The van der Waals surface area contributed by atoms with Crippen LogP contribution in [-0.2, 0) is 12.6 Å². The van der Waals surface area contributed by atoms with E-state index >= 15 is 0 Å². The van der Waals surface area contributed by atoms with Crippen LogP contribution in [0.15, 0.2) is 67.0 Å². The third-order valence-corrected chi connectivity index (χ3v) is 5.07. The molecule has 0 saturated carbocycles. The highest BCUT2D eigenvalue weighted by molar-refractivity contribution is 5.99. The molecule has 0 unspecified atom stereocenters. The lowest BCUT2D eigenvalue weighted by atomic mass is 10.0. The first-order valence-electron chi connectivity index (χ1n) is 10.5. The van der Waals surface area contributed by atoms with Crippen molar-refractivity contribution in [2.75, 3.05) is 10.6 Å². The molecule has 11 heteroatoms. The fourth-order valence-corrected chi connectivity index (χ4v) is 3.45. The molecule has 6 nitrogen and oxygen atoms in total. The Bertz CT molecular complexity index is 1320. The Morgan fingerprint density at radius 1 is 1.00 bits per heavy atom. The fraction of sp³-hybridized carbons (Fsp3) is 0.167. The Hall–Kier alpha value is -4.15. The van der Waals surface area contributed by atoms with Gasteiger partial charge in [-0.15, -0.1) is 0 Å². The van der Waals surface area contributed by atoms with Gasteiger partial charge in [0.1, 0.15) is 17.1 Å². The molecule has 0 aliphatic rings. The standard InChI is InChI=1S/C24H19F5N4O2/c25-21(26)8-2-14-1-3-16(13-19(14)24(27,28)29)33-23(34)32-15-4-6-17(7-5-15)35-20-10-12-31-22-18(20)9-11-30-22/h1,3-7,9-13,21H,2,8H2,(H,30,31)(H2,32,33,34). The van der Waals surface area contributed by atoms with Crippen molar-refractivity contribution >= 4 is 28.4 Å². The number of rotatable bonds is 7. The summed E-state index contributed by atoms with van der Waals surface area (Å²) in [5.74, 6) is 1.09. The Labute approximate surface area is 196 Å². The molecule has 2 aromatic heterocycles. The number of anilines is 2. The first kappa shape index (κ1) is 24.0. The summed E-state index contributed by atoms with van der Waals surface area (Å²) in [4.78, 5) is 19.5. The van der Waals surface area contributed by atoms with E-state index in [4.69, 9.17) is 4.74 Å². The van der Waals surface area contributed by atoms with Gasteiger partial charge in [-0.1, -0.05) is 6.07 Å². The Kier molecular flexibility index (Phi) is 6.85. The van der Waals surface area contributed by atoms with Crippen molar-refractivity contribution in [3.63, 3.8) is 0 Å². The summed E-state index contributed by atoms with van der Waals surface area (Å²) < 4.78 is 70.8. The van der Waals surface area contributed by atoms with Crippen LogP contribution in [-0.4, -0.2) is 22.4 Å². The maximum absolute atomic E-state index is 13.4. The number of halogens is 5. The maximum atomic E-state index is 13.4. The number of H-pyrrole nitrogens is 1. The number of benzene rings is 2. The molecule has 2 amide bonds. The molecule has 4 aromatic rings. The number of ether oxygens (including phenoxy) is 1. The van der Waals surface area contributed by atoms with Crippen molar-refractivity contribution < 1.29 is 31.5 Å². The van der Waals surface area contributed by atoms with Crippen LogP contribution in [0.5, 0.6) is 11.5 Å². The van der Waals surface area contributed by atoms with Crippen molar-refractivity contribution in [3.8, 4) is 11.5 Å². The number of urea groups is 1. The SMILES string of the molecule is O=C(Nc1ccc(Oc2ccnc3[nH]ccc23)cc1)Nc1ccc(CCC(F)F)c(C(F)(F)F)c1. The summed E-state index contributed by atoms with van der Waals surface area (Å²) in [6.07, 6.45) is -5.23. The number of nitrogens with one attached hydrogen (secondary N) is 3. The number of amides is 2. The second-order valence-electron chi connectivity index (χ2n) is 7.55. The first-order chi connectivity index (χ1) is 16.7. The molecule has 0 radical (unpaired) electrons. The number of pyridine rings is 1. The summed E-state index contributed by atoms with van der Waals surface area (Å²) in [7, 11) is 0. The van der Waals surface area contributed by atoms with Crippen molar-refractivity contribution in [1.29, 1.82) is 0 Å². The van der Waals surface area contributed by atoms with Crippen LogP contribution in [0.25, 0.3) is 11.0 Å². The highest BCUT2D eigenvalue weighted by Gasteiger charge is 2.33. The Morgan fingerprint density at radius 2 is 1.71 bits per heavy atom. The molecule has 4 rings (SSSR count). The largest absolute Gasteiger partial charge is 0.457 e. The van der Waals surface area contributed by atoms with E-state index in [9.17, 15) is 26.7 Å². The summed E-state index contributed by atoms with van der Waals surface area (Å²) >= 11 is 0. The maximum Gasteiger partial charge on any atom is 0.416 e. The van der Waals surface area contributed by atoms with Gasteiger partial charge in [0, 0.05) is 30.2 Å².